The van der Waals surface area contributed by atoms with E-state index in [1.54, 1.807) is 25.3 Å². The van der Waals surface area contributed by atoms with Crippen molar-refractivity contribution in [3.05, 3.63) is 94.8 Å². The molecule has 1 saturated heterocycles. The number of piperazine rings is 1. The molecule has 4 aromatic rings. The zero-order valence-corrected chi connectivity index (χ0v) is 21.0. The summed E-state index contributed by atoms with van der Waals surface area (Å²) in [6.45, 7) is 6.17. The maximum Gasteiger partial charge on any atom is 0.200 e. The number of methoxy groups -OCH3 is 1. The zero-order valence-electron chi connectivity index (χ0n) is 21.0. The van der Waals surface area contributed by atoms with Gasteiger partial charge in [-0.1, -0.05) is 54.3 Å². The largest absolute Gasteiger partial charge is 0.497 e. The second kappa shape index (κ2) is 11.8. The number of ether oxygens (including phenoxy) is 2. The molecule has 1 fully saturated rings. The van der Waals surface area contributed by atoms with Gasteiger partial charge in [-0.15, -0.1) is 0 Å². The summed E-state index contributed by atoms with van der Waals surface area (Å²) in [5.41, 5.74) is 3.06. The smallest absolute Gasteiger partial charge is 0.200 e. The minimum absolute atomic E-state index is 0.0818. The highest BCUT2D eigenvalue weighted by Crippen LogP contribution is 2.24. The fraction of sp³-hybridized carbons (Fsp3) is 0.258. The van der Waals surface area contributed by atoms with Crippen LogP contribution in [0.25, 0.3) is 22.1 Å². The molecular weight excluding hydrogens is 464 g/mol. The van der Waals surface area contributed by atoms with E-state index in [0.717, 1.165) is 50.6 Å². The third kappa shape index (κ3) is 6.21. The number of hydrogen-bond acceptors (Lipinski definition) is 6. The lowest BCUT2D eigenvalue weighted by Crippen LogP contribution is -2.45. The Morgan fingerprint density at radius 1 is 0.865 bits per heavy atom. The summed E-state index contributed by atoms with van der Waals surface area (Å²) in [6, 6.07) is 23.2. The minimum atomic E-state index is -0.0818. The van der Waals surface area contributed by atoms with Crippen molar-refractivity contribution in [1.82, 2.24) is 9.80 Å². The summed E-state index contributed by atoms with van der Waals surface area (Å²) in [7, 11) is 1.61. The van der Waals surface area contributed by atoms with Gasteiger partial charge in [-0.3, -0.25) is 14.6 Å². The summed E-state index contributed by atoms with van der Waals surface area (Å²) in [6.07, 6.45) is 1.50. The molecular formula is C31H30N2O4. The first kappa shape index (κ1) is 24.6. The maximum atomic E-state index is 13.0. The van der Waals surface area contributed by atoms with E-state index in [4.69, 9.17) is 13.9 Å². The molecule has 1 aromatic heterocycles. The molecule has 0 saturated carbocycles. The molecule has 6 nitrogen and oxygen atoms in total. The standard InChI is InChI=1S/C31H30N2O4/c1-35-26-11-9-25(10-12-26)29-23-37-30-21-27(13-14-28(30)31(29)34)36-20-6-5-15-32-16-18-33(19-17-32)22-24-7-3-2-4-8-24/h2-4,7-14,21,23H,15-20,22H2,1H3. The first-order chi connectivity index (χ1) is 18.2. The molecule has 37 heavy (non-hydrogen) atoms. The highest BCUT2D eigenvalue weighted by Gasteiger charge is 2.16. The van der Waals surface area contributed by atoms with Crippen molar-refractivity contribution in [2.75, 3.05) is 46.4 Å². The van der Waals surface area contributed by atoms with Gasteiger partial charge in [0.2, 0.25) is 0 Å². The second-order valence-electron chi connectivity index (χ2n) is 9.05. The van der Waals surface area contributed by atoms with Gasteiger partial charge in [0.15, 0.2) is 5.43 Å². The molecule has 0 spiro atoms. The molecule has 0 N–H and O–H groups in total. The molecule has 0 unspecified atom stereocenters. The fourth-order valence-corrected chi connectivity index (χ4v) is 4.45. The van der Waals surface area contributed by atoms with Gasteiger partial charge in [0.1, 0.15) is 30.0 Å². The predicted octanol–water partition coefficient (Wildman–Crippen LogP) is 4.67. The lowest BCUT2D eigenvalue weighted by Gasteiger charge is -2.33. The first-order valence-electron chi connectivity index (χ1n) is 12.5. The number of benzene rings is 3. The van der Waals surface area contributed by atoms with Gasteiger partial charge in [0, 0.05) is 38.8 Å². The van der Waals surface area contributed by atoms with Crippen molar-refractivity contribution in [2.24, 2.45) is 0 Å². The van der Waals surface area contributed by atoms with Crippen LogP contribution in [0.15, 0.2) is 88.3 Å². The Labute approximate surface area is 217 Å². The Balaban J connectivity index is 1.12. The van der Waals surface area contributed by atoms with E-state index in [1.165, 1.54) is 11.8 Å². The Bertz CT molecular complexity index is 1440. The first-order valence-corrected chi connectivity index (χ1v) is 12.5. The van der Waals surface area contributed by atoms with Crippen molar-refractivity contribution in [3.63, 3.8) is 0 Å². The number of nitrogens with zero attached hydrogens (tertiary/aromatic N) is 2. The van der Waals surface area contributed by atoms with Crippen LogP contribution in [0, 0.1) is 11.8 Å². The van der Waals surface area contributed by atoms with Crippen molar-refractivity contribution < 1.29 is 13.9 Å². The highest BCUT2D eigenvalue weighted by atomic mass is 16.5. The van der Waals surface area contributed by atoms with E-state index in [-0.39, 0.29) is 12.0 Å². The third-order valence-corrected chi connectivity index (χ3v) is 6.60. The van der Waals surface area contributed by atoms with Crippen LogP contribution in [0.1, 0.15) is 5.56 Å². The van der Waals surface area contributed by atoms with E-state index in [1.807, 2.05) is 24.3 Å². The average Bonchev–Trinajstić information content (AvgIpc) is 2.95. The normalized spacial score (nSPS) is 14.2. The average molecular weight is 495 g/mol. The van der Waals surface area contributed by atoms with Crippen molar-refractivity contribution >= 4 is 11.0 Å². The van der Waals surface area contributed by atoms with Crippen LogP contribution in [-0.4, -0.2) is 56.2 Å². The molecule has 0 aliphatic carbocycles. The summed E-state index contributed by atoms with van der Waals surface area (Å²) in [5.74, 6) is 7.68. The Morgan fingerprint density at radius 3 is 2.35 bits per heavy atom. The molecule has 3 aromatic carbocycles. The fourth-order valence-electron chi connectivity index (χ4n) is 4.45. The SMILES string of the molecule is COc1ccc(-c2coc3cc(OCC#CCN4CCN(Cc5ccccc5)CC4)ccc3c2=O)cc1. The second-order valence-corrected chi connectivity index (χ2v) is 9.05. The Hall–Kier alpha value is -4.05. The van der Waals surface area contributed by atoms with Crippen LogP contribution in [-0.2, 0) is 6.54 Å². The van der Waals surface area contributed by atoms with Gasteiger partial charge in [-0.05, 0) is 35.4 Å². The Kier molecular flexibility index (Phi) is 7.85. The number of hydrogen-bond donors (Lipinski definition) is 0. The monoisotopic (exact) mass is 494 g/mol. The van der Waals surface area contributed by atoms with Crippen molar-refractivity contribution in [1.29, 1.82) is 0 Å². The van der Waals surface area contributed by atoms with Crippen LogP contribution in [0.5, 0.6) is 11.5 Å². The van der Waals surface area contributed by atoms with Crippen LogP contribution in [0.3, 0.4) is 0 Å². The third-order valence-electron chi connectivity index (χ3n) is 6.60. The van der Waals surface area contributed by atoms with Gasteiger partial charge >= 0.3 is 0 Å². The van der Waals surface area contributed by atoms with Crippen LogP contribution in [0.4, 0.5) is 0 Å². The summed E-state index contributed by atoms with van der Waals surface area (Å²) in [5, 5.41) is 0.512. The minimum Gasteiger partial charge on any atom is -0.497 e. The van der Waals surface area contributed by atoms with Gasteiger partial charge in [0.25, 0.3) is 0 Å². The highest BCUT2D eigenvalue weighted by molar-refractivity contribution is 5.82. The molecule has 0 amide bonds. The van der Waals surface area contributed by atoms with E-state index in [9.17, 15) is 4.79 Å². The molecule has 188 valence electrons. The molecule has 0 radical (unpaired) electrons. The Morgan fingerprint density at radius 2 is 1.59 bits per heavy atom. The van der Waals surface area contributed by atoms with Gasteiger partial charge in [-0.2, -0.15) is 0 Å². The van der Waals surface area contributed by atoms with Gasteiger partial charge in [-0.25, -0.2) is 0 Å². The number of rotatable bonds is 7. The lowest BCUT2D eigenvalue weighted by molar-refractivity contribution is 0.138. The van der Waals surface area contributed by atoms with E-state index >= 15 is 0 Å². The summed E-state index contributed by atoms with van der Waals surface area (Å²) >= 11 is 0. The van der Waals surface area contributed by atoms with Crippen LogP contribution >= 0.6 is 0 Å². The van der Waals surface area contributed by atoms with E-state index in [2.05, 4.69) is 52.0 Å². The van der Waals surface area contributed by atoms with Crippen LogP contribution in [0.2, 0.25) is 0 Å². The molecule has 1 aliphatic rings. The van der Waals surface area contributed by atoms with Crippen molar-refractivity contribution in [2.45, 2.75) is 6.54 Å². The lowest BCUT2D eigenvalue weighted by atomic mass is 10.1. The predicted molar refractivity (Wildman–Crippen MR) is 146 cm³/mol. The molecule has 2 heterocycles. The van der Waals surface area contributed by atoms with E-state index < -0.39 is 0 Å². The van der Waals surface area contributed by atoms with E-state index in [0.29, 0.717) is 22.3 Å². The molecule has 0 bridgehead atoms. The van der Waals surface area contributed by atoms with Crippen molar-refractivity contribution in [3.8, 4) is 34.5 Å². The quantitative estimate of drug-likeness (QED) is 0.348. The summed E-state index contributed by atoms with van der Waals surface area (Å²) in [4.78, 5) is 17.9. The van der Waals surface area contributed by atoms with Crippen LogP contribution < -0.4 is 14.9 Å². The summed E-state index contributed by atoms with van der Waals surface area (Å²) < 4.78 is 16.8. The maximum absolute atomic E-state index is 13.0. The molecule has 1 aliphatic heterocycles. The number of fused-ring (bicyclic) bond motifs is 1. The molecule has 0 atom stereocenters. The topological polar surface area (TPSA) is 55.2 Å². The van der Waals surface area contributed by atoms with Gasteiger partial charge in [0.05, 0.1) is 24.6 Å². The van der Waals surface area contributed by atoms with Gasteiger partial charge < -0.3 is 13.9 Å². The zero-order chi connectivity index (χ0) is 25.5. The molecule has 6 heteroatoms. The molecule has 5 rings (SSSR count).